The molecule has 0 fully saturated rings. The molecule has 3 atom stereocenters. The van der Waals surface area contributed by atoms with Gasteiger partial charge in [0.25, 0.3) is 0 Å². The molecule has 1 aliphatic heterocycles. The van der Waals surface area contributed by atoms with Crippen molar-refractivity contribution in [1.29, 1.82) is 0 Å². The molecule has 32 heavy (non-hydrogen) atoms. The molecule has 0 unspecified atom stereocenters. The first kappa shape index (κ1) is 20.7. The number of rotatable bonds is 7. The highest BCUT2D eigenvalue weighted by Crippen LogP contribution is 2.34. The number of fused-ring (bicyclic) bond motifs is 1. The zero-order chi connectivity index (χ0) is 21.9. The van der Waals surface area contributed by atoms with Crippen LogP contribution in [-0.2, 0) is 7.05 Å². The number of benzene rings is 1. The maximum Gasteiger partial charge on any atom is 0.237 e. The van der Waals surface area contributed by atoms with Gasteiger partial charge in [0, 0.05) is 54.1 Å². The van der Waals surface area contributed by atoms with Gasteiger partial charge in [0.05, 0.1) is 30.0 Å². The van der Waals surface area contributed by atoms with Crippen LogP contribution in [0.25, 0.3) is 11.1 Å². The molecule has 4 aromatic rings. The number of hydrogen-bond donors (Lipinski definition) is 2. The van der Waals surface area contributed by atoms with Crippen molar-refractivity contribution in [1.82, 2.24) is 25.1 Å². The summed E-state index contributed by atoms with van der Waals surface area (Å²) in [5.74, 6) is 1.00. The Morgan fingerprint density at radius 2 is 2.09 bits per heavy atom. The number of anilines is 1. The van der Waals surface area contributed by atoms with E-state index < -0.39 is 0 Å². The van der Waals surface area contributed by atoms with Gasteiger partial charge < -0.3 is 15.4 Å². The van der Waals surface area contributed by atoms with Gasteiger partial charge in [0.1, 0.15) is 6.10 Å². The van der Waals surface area contributed by atoms with Gasteiger partial charge in [0.2, 0.25) is 5.88 Å². The summed E-state index contributed by atoms with van der Waals surface area (Å²) in [6.07, 6.45) is 7.53. The predicted molar refractivity (Wildman–Crippen MR) is 127 cm³/mol. The largest absolute Gasteiger partial charge is 0.469 e. The molecular formula is C24H26N6OS. The molecular weight excluding hydrogens is 420 g/mol. The first-order valence-corrected chi connectivity index (χ1v) is 11.6. The zero-order valence-corrected chi connectivity index (χ0v) is 18.9. The van der Waals surface area contributed by atoms with Crippen molar-refractivity contribution >= 4 is 17.0 Å². The number of ether oxygens (including phenoxy) is 1. The zero-order valence-electron chi connectivity index (χ0n) is 18.1. The Kier molecular flexibility index (Phi) is 5.87. The summed E-state index contributed by atoms with van der Waals surface area (Å²) in [6.45, 7) is 3.74. The molecule has 0 amide bonds. The smallest absolute Gasteiger partial charge is 0.237 e. The van der Waals surface area contributed by atoms with E-state index in [4.69, 9.17) is 4.74 Å². The maximum absolute atomic E-state index is 6.40. The number of pyridine rings is 1. The van der Waals surface area contributed by atoms with Crippen molar-refractivity contribution in [2.45, 2.75) is 25.0 Å². The fraction of sp³-hybridized carbons (Fsp3) is 0.292. The number of nitrogens with one attached hydrogen (secondary N) is 2. The van der Waals surface area contributed by atoms with Gasteiger partial charge >= 0.3 is 0 Å². The molecule has 0 bridgehead atoms. The van der Waals surface area contributed by atoms with Crippen LogP contribution in [0.5, 0.6) is 5.88 Å². The Bertz CT molecular complexity index is 1160. The SMILES string of the molecule is C[C@@H](CN[C@H](c1ccccc1)[C@@H]1CNc2cc(-c3cnn(C)c3)cnc2O1)c1cncs1. The number of nitrogens with zero attached hydrogens (tertiary/aromatic N) is 4. The van der Waals surface area contributed by atoms with Crippen LogP contribution in [0.15, 0.2) is 66.7 Å². The molecule has 0 saturated carbocycles. The second-order valence-electron chi connectivity index (χ2n) is 8.12. The van der Waals surface area contributed by atoms with E-state index >= 15 is 0 Å². The molecule has 0 saturated heterocycles. The lowest BCUT2D eigenvalue weighted by Gasteiger charge is -2.34. The standard InChI is InChI=1S/C24H26N6OS/c1-16(22-13-25-15-32-22)9-27-23(17-6-4-3-5-7-17)21-12-26-20-8-18(10-28-24(20)31-21)19-11-29-30(2)14-19/h3-8,10-11,13-16,21,23,26-27H,9,12H2,1-2H3/t16-,21-,23+/m0/s1. The normalized spacial score (nSPS) is 17.1. The van der Waals surface area contributed by atoms with Gasteiger partial charge in [-0.3, -0.25) is 9.67 Å². The fourth-order valence-corrected chi connectivity index (χ4v) is 4.66. The molecule has 3 aromatic heterocycles. The minimum Gasteiger partial charge on any atom is -0.469 e. The van der Waals surface area contributed by atoms with E-state index in [1.165, 1.54) is 10.4 Å². The van der Waals surface area contributed by atoms with Gasteiger partial charge in [-0.05, 0) is 11.6 Å². The molecule has 1 aromatic carbocycles. The molecule has 1 aliphatic rings. The third kappa shape index (κ3) is 4.37. The van der Waals surface area contributed by atoms with E-state index in [0.717, 1.165) is 23.4 Å². The minimum atomic E-state index is -0.0877. The van der Waals surface area contributed by atoms with Crippen LogP contribution in [0, 0.1) is 0 Å². The monoisotopic (exact) mass is 446 g/mol. The van der Waals surface area contributed by atoms with Crippen molar-refractivity contribution in [3.8, 4) is 17.0 Å². The third-order valence-corrected chi connectivity index (χ3v) is 6.76. The van der Waals surface area contributed by atoms with Crippen LogP contribution >= 0.6 is 11.3 Å². The van der Waals surface area contributed by atoms with Gasteiger partial charge in [0.15, 0.2) is 0 Å². The van der Waals surface area contributed by atoms with Crippen LogP contribution < -0.4 is 15.4 Å². The van der Waals surface area contributed by atoms with Crippen LogP contribution in [-0.4, -0.2) is 38.9 Å². The maximum atomic E-state index is 6.40. The summed E-state index contributed by atoms with van der Waals surface area (Å²) in [5.41, 5.74) is 6.05. The predicted octanol–water partition coefficient (Wildman–Crippen LogP) is 4.25. The lowest BCUT2D eigenvalue weighted by molar-refractivity contribution is 0.149. The second-order valence-corrected chi connectivity index (χ2v) is 9.04. The van der Waals surface area contributed by atoms with E-state index in [1.54, 1.807) is 16.0 Å². The molecule has 164 valence electrons. The van der Waals surface area contributed by atoms with Crippen molar-refractivity contribution in [2.24, 2.45) is 7.05 Å². The average molecular weight is 447 g/mol. The highest BCUT2D eigenvalue weighted by molar-refractivity contribution is 7.09. The third-order valence-electron chi connectivity index (χ3n) is 5.76. The number of thiazole rings is 1. The van der Waals surface area contributed by atoms with Gasteiger partial charge in [-0.1, -0.05) is 37.3 Å². The number of hydrogen-bond acceptors (Lipinski definition) is 7. The van der Waals surface area contributed by atoms with Gasteiger partial charge in [-0.25, -0.2) is 4.98 Å². The second kappa shape index (κ2) is 9.10. The Balaban J connectivity index is 1.35. The van der Waals surface area contributed by atoms with Crippen molar-refractivity contribution in [3.05, 3.63) is 77.1 Å². The molecule has 5 rings (SSSR count). The molecule has 8 heteroatoms. The highest BCUT2D eigenvalue weighted by Gasteiger charge is 2.30. The minimum absolute atomic E-state index is 0.0343. The van der Waals surface area contributed by atoms with E-state index in [-0.39, 0.29) is 12.1 Å². The average Bonchev–Trinajstić information content (AvgIpc) is 3.52. The molecule has 0 aliphatic carbocycles. The lowest BCUT2D eigenvalue weighted by atomic mass is 9.99. The van der Waals surface area contributed by atoms with E-state index in [9.17, 15) is 0 Å². The van der Waals surface area contributed by atoms with Crippen molar-refractivity contribution < 1.29 is 4.74 Å². The Morgan fingerprint density at radius 1 is 1.22 bits per heavy atom. The molecule has 7 nitrogen and oxygen atoms in total. The number of aryl methyl sites for hydroxylation is 1. The first-order chi connectivity index (χ1) is 15.7. The summed E-state index contributed by atoms with van der Waals surface area (Å²) in [6, 6.07) is 12.6. The van der Waals surface area contributed by atoms with Crippen LogP contribution in [0.4, 0.5) is 5.69 Å². The molecule has 2 N–H and O–H groups in total. The lowest BCUT2D eigenvalue weighted by Crippen LogP contribution is -2.43. The molecule has 4 heterocycles. The summed E-state index contributed by atoms with van der Waals surface area (Å²) in [4.78, 5) is 10.1. The van der Waals surface area contributed by atoms with Crippen LogP contribution in [0.2, 0.25) is 0 Å². The summed E-state index contributed by atoms with van der Waals surface area (Å²) < 4.78 is 8.19. The van der Waals surface area contributed by atoms with Crippen LogP contribution in [0.1, 0.15) is 29.3 Å². The number of aromatic nitrogens is 4. The topological polar surface area (TPSA) is 76.9 Å². The summed E-state index contributed by atoms with van der Waals surface area (Å²) in [5, 5.41) is 11.5. The van der Waals surface area contributed by atoms with Crippen LogP contribution in [0.3, 0.4) is 0 Å². The molecule has 0 spiro atoms. The first-order valence-electron chi connectivity index (χ1n) is 10.7. The van der Waals surface area contributed by atoms with Gasteiger partial charge in [-0.2, -0.15) is 5.10 Å². The van der Waals surface area contributed by atoms with Crippen molar-refractivity contribution in [3.63, 3.8) is 0 Å². The highest BCUT2D eigenvalue weighted by atomic mass is 32.1. The van der Waals surface area contributed by atoms with Crippen molar-refractivity contribution in [2.75, 3.05) is 18.4 Å². The van der Waals surface area contributed by atoms with Gasteiger partial charge in [-0.15, -0.1) is 11.3 Å². The summed E-state index contributed by atoms with van der Waals surface area (Å²) >= 11 is 1.70. The summed E-state index contributed by atoms with van der Waals surface area (Å²) in [7, 11) is 1.91. The fourth-order valence-electron chi connectivity index (χ4n) is 3.98. The Hall–Kier alpha value is -3.23. The van der Waals surface area contributed by atoms with E-state index in [0.29, 0.717) is 18.3 Å². The quantitative estimate of drug-likeness (QED) is 0.442. The van der Waals surface area contributed by atoms with E-state index in [1.807, 2.05) is 43.4 Å². The molecule has 0 radical (unpaired) electrons. The Labute approximate surface area is 191 Å². The van der Waals surface area contributed by atoms with E-state index in [2.05, 4.69) is 63.0 Å². The Morgan fingerprint density at radius 3 is 2.84 bits per heavy atom.